The SMILES string of the molecule is CCCCNC1CCCN(C(=O)Nc2c[nH]c3ncccc23)C1. The molecule has 1 fully saturated rings. The van der Waals surface area contributed by atoms with Crippen molar-refractivity contribution < 1.29 is 4.79 Å². The second kappa shape index (κ2) is 7.46. The summed E-state index contributed by atoms with van der Waals surface area (Å²) < 4.78 is 0. The van der Waals surface area contributed by atoms with Crippen LogP contribution in [0, 0.1) is 0 Å². The van der Waals surface area contributed by atoms with Crippen LogP contribution >= 0.6 is 0 Å². The van der Waals surface area contributed by atoms with Crippen LogP contribution in [0.5, 0.6) is 0 Å². The van der Waals surface area contributed by atoms with Gasteiger partial charge in [0.2, 0.25) is 0 Å². The third kappa shape index (κ3) is 3.82. The number of aromatic amines is 1. The minimum atomic E-state index is -0.0308. The Hall–Kier alpha value is -2.08. The van der Waals surface area contributed by atoms with Gasteiger partial charge in [0.25, 0.3) is 0 Å². The van der Waals surface area contributed by atoms with E-state index in [4.69, 9.17) is 0 Å². The smallest absolute Gasteiger partial charge is 0.321 e. The molecule has 1 atom stereocenters. The van der Waals surface area contributed by atoms with Gasteiger partial charge >= 0.3 is 6.03 Å². The zero-order valence-electron chi connectivity index (χ0n) is 13.6. The average molecular weight is 315 g/mol. The topological polar surface area (TPSA) is 73.1 Å². The Morgan fingerprint density at radius 3 is 3.30 bits per heavy atom. The van der Waals surface area contributed by atoms with Crippen molar-refractivity contribution in [2.75, 3.05) is 25.0 Å². The largest absolute Gasteiger partial charge is 0.344 e. The number of aromatic nitrogens is 2. The van der Waals surface area contributed by atoms with E-state index in [0.717, 1.165) is 49.2 Å². The second-order valence-electron chi connectivity index (χ2n) is 6.12. The third-order valence-corrected chi connectivity index (χ3v) is 4.36. The van der Waals surface area contributed by atoms with Gasteiger partial charge in [-0.25, -0.2) is 9.78 Å². The Balaban J connectivity index is 1.59. The molecule has 1 aliphatic heterocycles. The highest BCUT2D eigenvalue weighted by atomic mass is 16.2. The number of urea groups is 1. The molecule has 3 heterocycles. The summed E-state index contributed by atoms with van der Waals surface area (Å²) in [7, 11) is 0. The van der Waals surface area contributed by atoms with Crippen LogP contribution in [0.25, 0.3) is 11.0 Å². The summed E-state index contributed by atoms with van der Waals surface area (Å²) in [5.74, 6) is 0. The van der Waals surface area contributed by atoms with Crippen LogP contribution in [0.4, 0.5) is 10.5 Å². The van der Waals surface area contributed by atoms with Crippen LogP contribution in [0.15, 0.2) is 24.5 Å². The van der Waals surface area contributed by atoms with Crippen LogP contribution < -0.4 is 10.6 Å². The monoisotopic (exact) mass is 315 g/mol. The van der Waals surface area contributed by atoms with Crippen LogP contribution in [-0.2, 0) is 0 Å². The molecule has 6 nitrogen and oxygen atoms in total. The molecule has 3 N–H and O–H groups in total. The fourth-order valence-electron chi connectivity index (χ4n) is 3.06. The summed E-state index contributed by atoms with van der Waals surface area (Å²) in [5.41, 5.74) is 1.58. The molecule has 0 saturated carbocycles. The number of H-pyrrole nitrogens is 1. The number of amides is 2. The van der Waals surface area contributed by atoms with Crippen molar-refractivity contribution in [3.05, 3.63) is 24.5 Å². The summed E-state index contributed by atoms with van der Waals surface area (Å²) in [6, 6.07) is 4.21. The molecule has 6 heteroatoms. The maximum atomic E-state index is 12.5. The van der Waals surface area contributed by atoms with Gasteiger partial charge in [0.1, 0.15) is 5.65 Å². The van der Waals surface area contributed by atoms with E-state index in [1.807, 2.05) is 17.0 Å². The van der Waals surface area contributed by atoms with Gasteiger partial charge < -0.3 is 20.5 Å². The lowest BCUT2D eigenvalue weighted by Gasteiger charge is -2.33. The van der Waals surface area contributed by atoms with Gasteiger partial charge in [0.15, 0.2) is 0 Å². The number of carbonyl (C=O) groups is 1. The van der Waals surface area contributed by atoms with Crippen molar-refractivity contribution in [3.63, 3.8) is 0 Å². The van der Waals surface area contributed by atoms with E-state index in [1.165, 1.54) is 12.8 Å². The van der Waals surface area contributed by atoms with E-state index in [9.17, 15) is 4.79 Å². The van der Waals surface area contributed by atoms with Crippen molar-refractivity contribution in [2.24, 2.45) is 0 Å². The van der Waals surface area contributed by atoms with Crippen LogP contribution in [0.3, 0.4) is 0 Å². The van der Waals surface area contributed by atoms with Gasteiger partial charge in [0, 0.05) is 36.9 Å². The first-order valence-corrected chi connectivity index (χ1v) is 8.49. The number of pyridine rings is 1. The molecule has 2 aromatic heterocycles. The molecule has 23 heavy (non-hydrogen) atoms. The average Bonchev–Trinajstić information content (AvgIpc) is 2.99. The molecule has 1 unspecified atom stereocenters. The lowest BCUT2D eigenvalue weighted by Crippen LogP contribution is -2.49. The van der Waals surface area contributed by atoms with Crippen molar-refractivity contribution in [2.45, 2.75) is 38.6 Å². The molecule has 3 rings (SSSR count). The lowest BCUT2D eigenvalue weighted by molar-refractivity contribution is 0.185. The highest BCUT2D eigenvalue weighted by molar-refractivity contribution is 5.99. The van der Waals surface area contributed by atoms with Crippen LogP contribution in [-0.4, -0.2) is 46.6 Å². The van der Waals surface area contributed by atoms with E-state index in [-0.39, 0.29) is 6.03 Å². The molecule has 0 aromatic carbocycles. The van der Waals surface area contributed by atoms with E-state index in [1.54, 1.807) is 12.4 Å². The Labute approximate surface area is 136 Å². The molecule has 1 aliphatic rings. The van der Waals surface area contributed by atoms with Gasteiger partial charge in [-0.15, -0.1) is 0 Å². The predicted octanol–water partition coefficient (Wildman–Crippen LogP) is 2.95. The Morgan fingerprint density at radius 1 is 1.52 bits per heavy atom. The van der Waals surface area contributed by atoms with E-state index in [0.29, 0.717) is 6.04 Å². The molecule has 0 spiro atoms. The molecule has 0 aliphatic carbocycles. The number of nitrogens with zero attached hydrogens (tertiary/aromatic N) is 2. The first kappa shape index (κ1) is 15.8. The van der Waals surface area contributed by atoms with Gasteiger partial charge in [-0.05, 0) is 37.9 Å². The molecule has 124 valence electrons. The van der Waals surface area contributed by atoms with E-state index in [2.05, 4.69) is 27.5 Å². The minimum Gasteiger partial charge on any atom is -0.344 e. The number of rotatable bonds is 5. The molecule has 0 bridgehead atoms. The number of piperidine rings is 1. The molecule has 0 radical (unpaired) electrons. The number of likely N-dealkylation sites (tertiary alicyclic amines) is 1. The Bertz CT molecular complexity index is 653. The standard InChI is InChI=1S/C17H25N5O/c1-2-3-8-18-13-6-5-10-22(12-13)17(23)21-15-11-20-16-14(15)7-4-9-19-16/h4,7,9,11,13,18H,2-3,5-6,8,10,12H2,1H3,(H,19,20)(H,21,23). The van der Waals surface area contributed by atoms with Crippen molar-refractivity contribution in [1.82, 2.24) is 20.2 Å². The Kier molecular flexibility index (Phi) is 5.12. The number of nitrogens with one attached hydrogen (secondary N) is 3. The van der Waals surface area contributed by atoms with Gasteiger partial charge in [-0.1, -0.05) is 13.3 Å². The van der Waals surface area contributed by atoms with E-state index >= 15 is 0 Å². The first-order valence-electron chi connectivity index (χ1n) is 8.49. The highest BCUT2D eigenvalue weighted by Crippen LogP contribution is 2.21. The molecule has 2 aromatic rings. The maximum Gasteiger partial charge on any atom is 0.321 e. The summed E-state index contributed by atoms with van der Waals surface area (Å²) >= 11 is 0. The second-order valence-corrected chi connectivity index (χ2v) is 6.12. The fraction of sp³-hybridized carbons (Fsp3) is 0.529. The Morgan fingerprint density at radius 2 is 2.43 bits per heavy atom. The number of carbonyl (C=O) groups excluding carboxylic acids is 1. The normalized spacial score (nSPS) is 18.3. The summed E-state index contributed by atoms with van der Waals surface area (Å²) in [6.07, 6.45) is 8.11. The number of unbranched alkanes of at least 4 members (excludes halogenated alkanes) is 1. The van der Waals surface area contributed by atoms with Crippen molar-refractivity contribution >= 4 is 22.8 Å². The van der Waals surface area contributed by atoms with Gasteiger partial charge in [-0.2, -0.15) is 0 Å². The predicted molar refractivity (Wildman–Crippen MR) is 92.6 cm³/mol. The molecular formula is C17H25N5O. The number of hydrogen-bond acceptors (Lipinski definition) is 3. The quantitative estimate of drug-likeness (QED) is 0.743. The van der Waals surface area contributed by atoms with E-state index < -0.39 is 0 Å². The zero-order valence-corrected chi connectivity index (χ0v) is 13.6. The van der Waals surface area contributed by atoms with Gasteiger partial charge in [0.05, 0.1) is 5.69 Å². The molecule has 1 saturated heterocycles. The lowest BCUT2D eigenvalue weighted by atomic mass is 10.1. The van der Waals surface area contributed by atoms with Crippen molar-refractivity contribution in [3.8, 4) is 0 Å². The zero-order chi connectivity index (χ0) is 16.1. The number of fused-ring (bicyclic) bond motifs is 1. The van der Waals surface area contributed by atoms with Gasteiger partial charge in [-0.3, -0.25) is 0 Å². The molecular weight excluding hydrogens is 290 g/mol. The van der Waals surface area contributed by atoms with Crippen LogP contribution in [0.1, 0.15) is 32.6 Å². The van der Waals surface area contributed by atoms with Crippen LogP contribution in [0.2, 0.25) is 0 Å². The third-order valence-electron chi connectivity index (χ3n) is 4.36. The molecule has 2 amide bonds. The highest BCUT2D eigenvalue weighted by Gasteiger charge is 2.23. The minimum absolute atomic E-state index is 0.0308. The fourth-order valence-corrected chi connectivity index (χ4v) is 3.06. The maximum absolute atomic E-state index is 12.5. The summed E-state index contributed by atoms with van der Waals surface area (Å²) in [4.78, 5) is 21.8. The van der Waals surface area contributed by atoms with Crippen molar-refractivity contribution in [1.29, 1.82) is 0 Å². The first-order chi connectivity index (χ1) is 11.3. The summed E-state index contributed by atoms with van der Waals surface area (Å²) in [6.45, 7) is 4.82. The number of anilines is 1. The summed E-state index contributed by atoms with van der Waals surface area (Å²) in [5, 5.41) is 7.51. The number of hydrogen-bond donors (Lipinski definition) is 3.